The van der Waals surface area contributed by atoms with Crippen molar-refractivity contribution in [3.05, 3.63) is 42.5 Å². The molecule has 0 spiro atoms. The maximum absolute atomic E-state index is 12.5. The SMILES string of the molecule is CC1CCN(C(=O)CN(C)[C@H](C)c2ccc(-n3cncn3)cc2)CC1. The summed E-state index contributed by atoms with van der Waals surface area (Å²) in [6, 6.07) is 8.42. The van der Waals surface area contributed by atoms with Gasteiger partial charge in [0.05, 0.1) is 12.2 Å². The predicted octanol–water partition coefficient (Wildman–Crippen LogP) is 2.52. The van der Waals surface area contributed by atoms with Gasteiger partial charge in [0.15, 0.2) is 0 Å². The second kappa shape index (κ2) is 7.78. The van der Waals surface area contributed by atoms with Crippen molar-refractivity contribution >= 4 is 5.91 Å². The molecule has 0 N–H and O–H groups in total. The smallest absolute Gasteiger partial charge is 0.236 e. The molecule has 0 bridgehead atoms. The minimum absolute atomic E-state index is 0.178. The van der Waals surface area contributed by atoms with Gasteiger partial charge in [-0.2, -0.15) is 5.10 Å². The molecular weight excluding hydrogens is 314 g/mol. The molecule has 1 aromatic carbocycles. The van der Waals surface area contributed by atoms with Gasteiger partial charge in [-0.15, -0.1) is 0 Å². The van der Waals surface area contributed by atoms with E-state index in [2.05, 4.69) is 41.0 Å². The number of aromatic nitrogens is 3. The third-order valence-electron chi connectivity index (χ3n) is 5.24. The molecule has 134 valence electrons. The van der Waals surface area contributed by atoms with Crippen molar-refractivity contribution in [3.8, 4) is 5.69 Å². The molecule has 3 rings (SSSR count). The number of carbonyl (C=O) groups excluding carboxylic acids is 1. The summed E-state index contributed by atoms with van der Waals surface area (Å²) in [6.45, 7) is 6.65. The number of hydrogen-bond donors (Lipinski definition) is 0. The molecule has 1 atom stereocenters. The monoisotopic (exact) mass is 341 g/mol. The molecule has 0 radical (unpaired) electrons. The van der Waals surface area contributed by atoms with Gasteiger partial charge in [0.25, 0.3) is 0 Å². The summed E-state index contributed by atoms with van der Waals surface area (Å²) in [5.74, 6) is 0.977. The van der Waals surface area contributed by atoms with Crippen molar-refractivity contribution in [1.29, 1.82) is 0 Å². The summed E-state index contributed by atoms with van der Waals surface area (Å²) >= 11 is 0. The van der Waals surface area contributed by atoms with Crippen LogP contribution in [0.25, 0.3) is 5.69 Å². The number of benzene rings is 1. The second-order valence-corrected chi connectivity index (χ2v) is 7.09. The van der Waals surface area contributed by atoms with Gasteiger partial charge in [-0.1, -0.05) is 19.1 Å². The highest BCUT2D eigenvalue weighted by molar-refractivity contribution is 5.78. The zero-order chi connectivity index (χ0) is 17.8. The average molecular weight is 341 g/mol. The molecule has 6 heteroatoms. The van der Waals surface area contributed by atoms with Crippen LogP contribution < -0.4 is 0 Å². The molecule has 1 aromatic heterocycles. The number of nitrogens with zero attached hydrogens (tertiary/aromatic N) is 5. The van der Waals surface area contributed by atoms with Crippen LogP contribution in [0, 0.1) is 5.92 Å². The van der Waals surface area contributed by atoms with Crippen LogP contribution in [0.5, 0.6) is 0 Å². The standard InChI is InChI=1S/C19H27N5O/c1-15-8-10-23(11-9-15)19(25)12-22(3)16(2)17-4-6-18(7-5-17)24-14-20-13-21-24/h4-7,13-16H,8-12H2,1-3H3/t16-/m1/s1. The van der Waals surface area contributed by atoms with Crippen LogP contribution in [0.4, 0.5) is 0 Å². The van der Waals surface area contributed by atoms with Gasteiger partial charge in [0.1, 0.15) is 12.7 Å². The lowest BCUT2D eigenvalue weighted by Gasteiger charge is -2.33. The third-order valence-corrected chi connectivity index (χ3v) is 5.24. The number of likely N-dealkylation sites (N-methyl/N-ethyl adjacent to an activating group) is 1. The normalized spacial score (nSPS) is 17.0. The Balaban J connectivity index is 1.58. The first-order valence-electron chi connectivity index (χ1n) is 8.97. The molecule has 1 saturated heterocycles. The molecule has 6 nitrogen and oxygen atoms in total. The Kier molecular flexibility index (Phi) is 5.48. The number of amides is 1. The topological polar surface area (TPSA) is 54.3 Å². The van der Waals surface area contributed by atoms with Crippen LogP contribution in [0.2, 0.25) is 0 Å². The van der Waals surface area contributed by atoms with E-state index in [1.165, 1.54) is 11.9 Å². The molecule has 0 saturated carbocycles. The maximum atomic E-state index is 12.5. The van der Waals surface area contributed by atoms with Gasteiger partial charge in [0.2, 0.25) is 5.91 Å². The Bertz CT molecular complexity index is 674. The van der Waals surface area contributed by atoms with Crippen LogP contribution in [-0.2, 0) is 4.79 Å². The van der Waals surface area contributed by atoms with Gasteiger partial charge < -0.3 is 4.90 Å². The van der Waals surface area contributed by atoms with Gasteiger partial charge in [-0.25, -0.2) is 9.67 Å². The van der Waals surface area contributed by atoms with E-state index in [-0.39, 0.29) is 11.9 Å². The largest absolute Gasteiger partial charge is 0.342 e. The molecule has 1 fully saturated rings. The molecule has 0 unspecified atom stereocenters. The van der Waals surface area contributed by atoms with Crippen molar-refractivity contribution in [3.63, 3.8) is 0 Å². The van der Waals surface area contributed by atoms with Crippen LogP contribution in [0.1, 0.15) is 38.3 Å². The third kappa shape index (κ3) is 4.25. The molecule has 1 aliphatic rings. The maximum Gasteiger partial charge on any atom is 0.236 e. The summed E-state index contributed by atoms with van der Waals surface area (Å²) in [7, 11) is 2.01. The number of hydrogen-bond acceptors (Lipinski definition) is 4. The first kappa shape index (κ1) is 17.6. The Morgan fingerprint density at radius 3 is 2.56 bits per heavy atom. The number of piperidine rings is 1. The van der Waals surface area contributed by atoms with Crippen molar-refractivity contribution in [2.24, 2.45) is 5.92 Å². The second-order valence-electron chi connectivity index (χ2n) is 7.09. The average Bonchev–Trinajstić information content (AvgIpc) is 3.16. The van der Waals surface area contributed by atoms with Crippen LogP contribution in [0.15, 0.2) is 36.9 Å². The molecule has 1 amide bonds. The van der Waals surface area contributed by atoms with Crippen molar-refractivity contribution in [1.82, 2.24) is 24.6 Å². The summed E-state index contributed by atoms with van der Waals surface area (Å²) in [4.78, 5) is 20.6. The molecule has 2 aromatic rings. The van der Waals surface area contributed by atoms with Crippen molar-refractivity contribution in [2.75, 3.05) is 26.7 Å². The first-order valence-corrected chi connectivity index (χ1v) is 8.97. The lowest BCUT2D eigenvalue weighted by Crippen LogP contribution is -2.43. The van der Waals surface area contributed by atoms with Gasteiger partial charge >= 0.3 is 0 Å². The minimum Gasteiger partial charge on any atom is -0.342 e. The Hall–Kier alpha value is -2.21. The summed E-state index contributed by atoms with van der Waals surface area (Å²) < 4.78 is 1.74. The van der Waals surface area contributed by atoms with Crippen LogP contribution in [0.3, 0.4) is 0 Å². The van der Waals surface area contributed by atoms with Gasteiger partial charge in [-0.3, -0.25) is 9.69 Å². The fourth-order valence-electron chi connectivity index (χ4n) is 3.21. The van der Waals surface area contributed by atoms with Crippen LogP contribution >= 0.6 is 0 Å². The molecule has 0 aliphatic carbocycles. The predicted molar refractivity (Wildman–Crippen MR) is 97.4 cm³/mol. The Labute approximate surface area is 149 Å². The van der Waals surface area contributed by atoms with E-state index in [1.807, 2.05) is 24.1 Å². The van der Waals surface area contributed by atoms with E-state index in [1.54, 1.807) is 11.0 Å². The molecular formula is C19H27N5O. The Morgan fingerprint density at radius 1 is 1.28 bits per heavy atom. The first-order chi connectivity index (χ1) is 12.0. The summed E-state index contributed by atoms with van der Waals surface area (Å²) in [6.07, 6.45) is 5.45. The highest BCUT2D eigenvalue weighted by Crippen LogP contribution is 2.21. The van der Waals surface area contributed by atoms with E-state index in [0.717, 1.165) is 37.5 Å². The fraction of sp³-hybridized carbons (Fsp3) is 0.526. The van der Waals surface area contributed by atoms with Crippen molar-refractivity contribution < 1.29 is 4.79 Å². The Morgan fingerprint density at radius 2 is 1.96 bits per heavy atom. The molecule has 2 heterocycles. The van der Waals surface area contributed by atoms with E-state index < -0.39 is 0 Å². The number of rotatable bonds is 5. The molecule has 1 aliphatic heterocycles. The quantitative estimate of drug-likeness (QED) is 0.838. The van der Waals surface area contributed by atoms with Crippen LogP contribution in [-0.4, -0.2) is 57.2 Å². The zero-order valence-electron chi connectivity index (χ0n) is 15.3. The highest BCUT2D eigenvalue weighted by Gasteiger charge is 2.23. The lowest BCUT2D eigenvalue weighted by atomic mass is 9.99. The van der Waals surface area contributed by atoms with E-state index in [9.17, 15) is 4.79 Å². The lowest BCUT2D eigenvalue weighted by molar-refractivity contribution is -0.133. The summed E-state index contributed by atoms with van der Waals surface area (Å²) in [5, 5.41) is 4.14. The van der Waals surface area contributed by atoms with E-state index >= 15 is 0 Å². The fourth-order valence-corrected chi connectivity index (χ4v) is 3.21. The van der Waals surface area contributed by atoms with E-state index in [4.69, 9.17) is 0 Å². The van der Waals surface area contributed by atoms with Crippen molar-refractivity contribution in [2.45, 2.75) is 32.7 Å². The van der Waals surface area contributed by atoms with Gasteiger partial charge in [0, 0.05) is 19.1 Å². The van der Waals surface area contributed by atoms with E-state index in [0.29, 0.717) is 6.54 Å². The number of carbonyl (C=O) groups is 1. The van der Waals surface area contributed by atoms with Gasteiger partial charge in [-0.05, 0) is 50.4 Å². The minimum atomic E-state index is 0.178. The number of likely N-dealkylation sites (tertiary alicyclic amines) is 1. The highest BCUT2D eigenvalue weighted by atomic mass is 16.2. The molecule has 25 heavy (non-hydrogen) atoms. The zero-order valence-corrected chi connectivity index (χ0v) is 15.3. The summed E-state index contributed by atoms with van der Waals surface area (Å²) in [5.41, 5.74) is 2.17.